The van der Waals surface area contributed by atoms with E-state index in [9.17, 15) is 0 Å². The van der Waals surface area contributed by atoms with Gasteiger partial charge in [-0.25, -0.2) is 0 Å². The highest BCUT2D eigenvalue weighted by Crippen LogP contribution is 2.51. The number of furan rings is 2. The molecule has 3 heteroatoms. The summed E-state index contributed by atoms with van der Waals surface area (Å²) in [4.78, 5) is 2.39. The van der Waals surface area contributed by atoms with Gasteiger partial charge in [-0.2, -0.15) is 0 Å². The Kier molecular flexibility index (Phi) is 8.56. The average molecular weight is 846 g/mol. The molecule has 0 spiro atoms. The van der Waals surface area contributed by atoms with E-state index in [1.807, 2.05) is 12.1 Å². The topological polar surface area (TPSA) is 29.5 Å². The van der Waals surface area contributed by atoms with Gasteiger partial charge in [0.05, 0.1) is 11.1 Å². The molecule has 0 fully saturated rings. The first-order chi connectivity index (χ1) is 32.5. The van der Waals surface area contributed by atoms with Gasteiger partial charge in [0.2, 0.25) is 0 Å². The zero-order valence-corrected chi connectivity index (χ0v) is 36.6. The van der Waals surface area contributed by atoms with Crippen LogP contribution < -0.4 is 4.90 Å². The van der Waals surface area contributed by atoms with Crippen molar-refractivity contribution in [2.24, 2.45) is 0 Å². The maximum absolute atomic E-state index is 7.01. The van der Waals surface area contributed by atoms with Crippen LogP contribution in [0.1, 0.15) is 25.0 Å². The number of para-hydroxylation sites is 3. The van der Waals surface area contributed by atoms with Crippen molar-refractivity contribution in [3.8, 4) is 55.6 Å². The summed E-state index contributed by atoms with van der Waals surface area (Å²) in [6, 6.07) is 80.7. The molecule has 12 aromatic rings. The van der Waals surface area contributed by atoms with Crippen molar-refractivity contribution in [3.05, 3.63) is 236 Å². The zero-order chi connectivity index (χ0) is 43.9. The minimum Gasteiger partial charge on any atom is -0.455 e. The van der Waals surface area contributed by atoms with Crippen molar-refractivity contribution in [2.75, 3.05) is 4.90 Å². The van der Waals surface area contributed by atoms with Crippen molar-refractivity contribution in [1.82, 2.24) is 0 Å². The van der Waals surface area contributed by atoms with Crippen LogP contribution in [0.4, 0.5) is 17.1 Å². The highest BCUT2D eigenvalue weighted by atomic mass is 16.3. The Bertz CT molecular complexity index is 3830. The molecule has 0 N–H and O–H groups in total. The maximum atomic E-state index is 7.01. The van der Waals surface area contributed by atoms with Crippen LogP contribution >= 0.6 is 0 Å². The Balaban J connectivity index is 0.981. The van der Waals surface area contributed by atoms with Crippen LogP contribution in [0.15, 0.2) is 233 Å². The lowest BCUT2D eigenvalue weighted by Crippen LogP contribution is -2.14. The number of nitrogens with zero attached hydrogens (tertiary/aromatic N) is 1. The van der Waals surface area contributed by atoms with E-state index in [0.717, 1.165) is 83.2 Å². The Hall–Kier alpha value is -8.40. The molecule has 0 amide bonds. The van der Waals surface area contributed by atoms with Gasteiger partial charge in [0, 0.05) is 44.1 Å². The van der Waals surface area contributed by atoms with E-state index in [1.54, 1.807) is 0 Å². The molecule has 2 heterocycles. The van der Waals surface area contributed by atoms with E-state index in [2.05, 4.69) is 231 Å². The van der Waals surface area contributed by atoms with Crippen molar-refractivity contribution in [3.63, 3.8) is 0 Å². The van der Waals surface area contributed by atoms with E-state index >= 15 is 0 Å². The van der Waals surface area contributed by atoms with Crippen LogP contribution in [0, 0.1) is 0 Å². The Labute approximate surface area is 383 Å². The number of anilines is 3. The van der Waals surface area contributed by atoms with Gasteiger partial charge in [-0.3, -0.25) is 0 Å². The molecule has 0 aliphatic heterocycles. The minimum absolute atomic E-state index is 0.0727. The Morgan fingerprint density at radius 1 is 0.333 bits per heavy atom. The van der Waals surface area contributed by atoms with Gasteiger partial charge in [0.15, 0.2) is 0 Å². The smallest absolute Gasteiger partial charge is 0.145 e. The van der Waals surface area contributed by atoms with Gasteiger partial charge in [-0.15, -0.1) is 0 Å². The summed E-state index contributed by atoms with van der Waals surface area (Å²) in [5, 5.41) is 4.33. The molecule has 3 nitrogen and oxygen atoms in total. The molecule has 312 valence electrons. The third-order valence-corrected chi connectivity index (χ3v) is 13.9. The number of hydrogen-bond donors (Lipinski definition) is 0. The number of fused-ring (bicyclic) bond motifs is 9. The fourth-order valence-electron chi connectivity index (χ4n) is 10.7. The lowest BCUT2D eigenvalue weighted by Gasteiger charge is -2.27. The molecule has 0 saturated heterocycles. The first kappa shape index (κ1) is 38.1. The summed E-state index contributed by atoms with van der Waals surface area (Å²) in [6.07, 6.45) is 0. The third-order valence-electron chi connectivity index (χ3n) is 13.9. The fourth-order valence-corrected chi connectivity index (χ4v) is 10.7. The highest BCUT2D eigenvalue weighted by Gasteiger charge is 2.35. The normalized spacial score (nSPS) is 12.8. The largest absolute Gasteiger partial charge is 0.455 e. The second-order valence-corrected chi connectivity index (χ2v) is 18.0. The summed E-state index contributed by atoms with van der Waals surface area (Å²) in [5.41, 5.74) is 20.9. The van der Waals surface area contributed by atoms with Crippen LogP contribution in [0.5, 0.6) is 0 Å². The van der Waals surface area contributed by atoms with Gasteiger partial charge in [-0.05, 0) is 110 Å². The van der Waals surface area contributed by atoms with Crippen molar-refractivity contribution in [2.45, 2.75) is 19.3 Å². The molecule has 13 rings (SSSR count). The maximum Gasteiger partial charge on any atom is 0.145 e. The second-order valence-electron chi connectivity index (χ2n) is 18.0. The summed E-state index contributed by atoms with van der Waals surface area (Å²) >= 11 is 0. The van der Waals surface area contributed by atoms with Gasteiger partial charge in [-0.1, -0.05) is 184 Å². The van der Waals surface area contributed by atoms with E-state index in [-0.39, 0.29) is 5.41 Å². The van der Waals surface area contributed by atoms with Crippen LogP contribution in [-0.4, -0.2) is 0 Å². The minimum atomic E-state index is -0.0727. The highest BCUT2D eigenvalue weighted by molar-refractivity contribution is 6.18. The quantitative estimate of drug-likeness (QED) is 0.160. The SMILES string of the molecule is CC1(C)c2ccccc2-c2ccc(-c3ccc(N(c4ccc(-c5ccccc5)cc4)c4ccc(-c5ccccc5-c5cccc6c5oc5ccccc56)c5oc6ccccc6c45)cc3)cc21. The van der Waals surface area contributed by atoms with Crippen LogP contribution in [-0.2, 0) is 5.41 Å². The predicted molar refractivity (Wildman–Crippen MR) is 275 cm³/mol. The molecule has 0 saturated carbocycles. The average Bonchev–Trinajstić information content (AvgIpc) is 4.03. The van der Waals surface area contributed by atoms with E-state index < -0.39 is 0 Å². The van der Waals surface area contributed by atoms with Gasteiger partial charge in [0.25, 0.3) is 0 Å². The molecular formula is C63H43NO2. The molecule has 0 radical (unpaired) electrons. The lowest BCUT2D eigenvalue weighted by molar-refractivity contribution is 0.660. The second kappa shape index (κ2) is 14.8. The lowest BCUT2D eigenvalue weighted by atomic mass is 9.81. The molecule has 2 aromatic heterocycles. The molecule has 0 atom stereocenters. The van der Waals surface area contributed by atoms with Crippen molar-refractivity contribution < 1.29 is 8.83 Å². The molecule has 10 aromatic carbocycles. The van der Waals surface area contributed by atoms with Gasteiger partial charge < -0.3 is 13.7 Å². The Morgan fingerprint density at radius 3 is 1.55 bits per heavy atom. The zero-order valence-electron chi connectivity index (χ0n) is 36.6. The number of benzene rings is 10. The molecule has 1 aliphatic carbocycles. The monoisotopic (exact) mass is 845 g/mol. The number of hydrogen-bond acceptors (Lipinski definition) is 3. The summed E-state index contributed by atoms with van der Waals surface area (Å²) in [7, 11) is 0. The van der Waals surface area contributed by atoms with E-state index in [0.29, 0.717) is 0 Å². The molecular weight excluding hydrogens is 803 g/mol. The first-order valence-electron chi connectivity index (χ1n) is 22.7. The van der Waals surface area contributed by atoms with Gasteiger partial charge >= 0.3 is 0 Å². The van der Waals surface area contributed by atoms with Crippen LogP contribution in [0.3, 0.4) is 0 Å². The molecule has 0 bridgehead atoms. The Morgan fingerprint density at radius 2 is 0.818 bits per heavy atom. The van der Waals surface area contributed by atoms with Crippen molar-refractivity contribution >= 4 is 60.9 Å². The van der Waals surface area contributed by atoms with Crippen LogP contribution in [0.2, 0.25) is 0 Å². The third kappa shape index (κ3) is 5.90. The summed E-state index contributed by atoms with van der Waals surface area (Å²) in [5.74, 6) is 0. The predicted octanol–water partition coefficient (Wildman–Crippen LogP) is 17.9. The van der Waals surface area contributed by atoms with E-state index in [4.69, 9.17) is 8.83 Å². The van der Waals surface area contributed by atoms with Crippen molar-refractivity contribution in [1.29, 1.82) is 0 Å². The number of rotatable bonds is 7. The molecule has 0 unspecified atom stereocenters. The van der Waals surface area contributed by atoms with Gasteiger partial charge in [0.1, 0.15) is 22.3 Å². The fraction of sp³-hybridized carbons (Fsp3) is 0.0476. The summed E-state index contributed by atoms with van der Waals surface area (Å²) in [6.45, 7) is 4.69. The standard InChI is InChI=1S/C63H43NO2/c1-63(2)55-24-11-8-19-48(55)49-36-31-43(39-56(49)63)42-29-34-45(35-30-42)64(44-32-27-41(28-33-44)40-15-4-3-5-16-40)57-38-37-53(62-60(57)54-21-10-13-26-59(54)66-62)47-18-7-6-17-46(47)51-22-14-23-52-50-20-9-12-25-58(50)65-61(51)52/h3-39H,1-2H3. The van der Waals surface area contributed by atoms with E-state index in [1.165, 1.54) is 44.5 Å². The van der Waals surface area contributed by atoms with Crippen LogP contribution in [0.25, 0.3) is 99.5 Å². The molecule has 66 heavy (non-hydrogen) atoms. The first-order valence-corrected chi connectivity index (χ1v) is 22.7. The molecule has 1 aliphatic rings. The summed E-state index contributed by atoms with van der Waals surface area (Å²) < 4.78 is 13.6.